The van der Waals surface area contributed by atoms with Gasteiger partial charge in [0.25, 0.3) is 0 Å². The van der Waals surface area contributed by atoms with Gasteiger partial charge in [-0.25, -0.2) is 4.79 Å². The molecule has 0 unspecified atom stereocenters. The summed E-state index contributed by atoms with van der Waals surface area (Å²) in [6.07, 6.45) is 5.90. The molecule has 0 spiro atoms. The van der Waals surface area contributed by atoms with Crippen molar-refractivity contribution in [3.05, 3.63) is 83.6 Å². The first-order chi connectivity index (χ1) is 16.9. The van der Waals surface area contributed by atoms with E-state index in [1.54, 1.807) is 61.9 Å². The van der Waals surface area contributed by atoms with Gasteiger partial charge in [0.2, 0.25) is 0 Å². The van der Waals surface area contributed by atoms with Gasteiger partial charge in [0.1, 0.15) is 18.2 Å². The van der Waals surface area contributed by atoms with E-state index in [0.717, 1.165) is 22.7 Å². The number of nitrogens with one attached hydrogen (secondary N) is 3. The van der Waals surface area contributed by atoms with Gasteiger partial charge in [-0.1, -0.05) is 12.1 Å². The van der Waals surface area contributed by atoms with Crippen molar-refractivity contribution in [2.75, 3.05) is 18.5 Å². The van der Waals surface area contributed by atoms with Gasteiger partial charge >= 0.3 is 12.2 Å². The number of rotatable bonds is 7. The van der Waals surface area contributed by atoms with E-state index < -0.39 is 24.3 Å². The van der Waals surface area contributed by atoms with Crippen LogP contribution in [0.15, 0.2) is 83.1 Å². The summed E-state index contributed by atoms with van der Waals surface area (Å²) in [6.45, 7) is 1.94. The summed E-state index contributed by atoms with van der Waals surface area (Å²) < 4.78 is 36.9. The zero-order valence-corrected chi connectivity index (χ0v) is 19.7. The third-order valence-electron chi connectivity index (χ3n) is 5.02. The molecule has 1 aromatic rings. The number of hydrogen-bond acceptors (Lipinski definition) is 6. The molecule has 0 atom stereocenters. The SMILES string of the molecule is CC(C)(CO)N=C(N)C=CC(N)=C1C=CN2C(=C1)NC=C2c1cccc(NC(=O)NCC(F)(F)F)c1. The van der Waals surface area contributed by atoms with Crippen molar-refractivity contribution in [2.45, 2.75) is 25.6 Å². The molecule has 2 aliphatic rings. The van der Waals surface area contributed by atoms with E-state index in [1.165, 1.54) is 0 Å². The van der Waals surface area contributed by atoms with Crippen molar-refractivity contribution in [3.63, 3.8) is 0 Å². The molecule has 192 valence electrons. The Morgan fingerprint density at radius 2 is 2.00 bits per heavy atom. The smallest absolute Gasteiger partial charge is 0.398 e. The van der Waals surface area contributed by atoms with Gasteiger partial charge in [0.05, 0.1) is 17.8 Å². The fraction of sp³-hybridized carbons (Fsp3) is 0.250. The Morgan fingerprint density at radius 1 is 1.25 bits per heavy atom. The molecule has 8 N–H and O–H groups in total. The highest BCUT2D eigenvalue weighted by molar-refractivity contribution is 5.92. The molecule has 1 aromatic carbocycles. The maximum absolute atomic E-state index is 12.3. The number of alkyl halides is 3. The quantitative estimate of drug-likeness (QED) is 0.250. The molecule has 0 bridgehead atoms. The number of nitrogens with zero attached hydrogens (tertiary/aromatic N) is 2. The number of nitrogens with two attached hydrogens (primary N) is 2. The normalized spacial score (nSPS) is 17.4. The second-order valence-corrected chi connectivity index (χ2v) is 8.64. The number of fused-ring (bicyclic) bond motifs is 1. The van der Waals surface area contributed by atoms with Gasteiger partial charge in [-0.2, -0.15) is 13.2 Å². The lowest BCUT2D eigenvalue weighted by molar-refractivity contribution is -0.122. The van der Waals surface area contributed by atoms with Crippen LogP contribution in [0.1, 0.15) is 19.4 Å². The number of carbonyl (C=O) groups is 1. The van der Waals surface area contributed by atoms with Crippen molar-refractivity contribution >= 4 is 23.3 Å². The summed E-state index contributed by atoms with van der Waals surface area (Å²) in [5.41, 5.74) is 14.4. The third kappa shape index (κ3) is 7.15. The summed E-state index contributed by atoms with van der Waals surface area (Å²) in [7, 11) is 0. The van der Waals surface area contributed by atoms with Gasteiger partial charge in [0, 0.05) is 34.9 Å². The number of aliphatic hydroxyl groups is 1. The molecule has 12 heteroatoms. The van der Waals surface area contributed by atoms with Crippen LogP contribution in [0.5, 0.6) is 0 Å². The summed E-state index contributed by atoms with van der Waals surface area (Å²) >= 11 is 0. The molecule has 0 aliphatic carbocycles. The number of carbonyl (C=O) groups excluding carboxylic acids is 1. The highest BCUT2D eigenvalue weighted by Crippen LogP contribution is 2.32. The maximum Gasteiger partial charge on any atom is 0.405 e. The molecule has 0 aromatic heterocycles. The summed E-state index contributed by atoms with van der Waals surface area (Å²) in [5, 5.41) is 16.6. The monoisotopic (exact) mass is 503 g/mol. The molecular weight excluding hydrogens is 475 g/mol. The van der Waals surface area contributed by atoms with Crippen LogP contribution in [0.3, 0.4) is 0 Å². The molecule has 0 radical (unpaired) electrons. The van der Waals surface area contributed by atoms with Crippen molar-refractivity contribution in [1.82, 2.24) is 15.5 Å². The van der Waals surface area contributed by atoms with E-state index in [2.05, 4.69) is 15.6 Å². The fourth-order valence-corrected chi connectivity index (χ4v) is 3.24. The van der Waals surface area contributed by atoms with E-state index in [4.69, 9.17) is 11.5 Å². The predicted molar refractivity (Wildman–Crippen MR) is 133 cm³/mol. The minimum atomic E-state index is -4.49. The molecular formula is C24H28F3N7O2. The Kier molecular flexibility index (Phi) is 7.78. The van der Waals surface area contributed by atoms with E-state index in [-0.39, 0.29) is 12.4 Å². The number of halogens is 3. The topological polar surface area (TPSA) is 141 Å². The van der Waals surface area contributed by atoms with Crippen molar-refractivity contribution in [1.29, 1.82) is 0 Å². The van der Waals surface area contributed by atoms with Gasteiger partial charge < -0.3 is 37.4 Å². The third-order valence-corrected chi connectivity index (χ3v) is 5.02. The maximum atomic E-state index is 12.3. The highest BCUT2D eigenvalue weighted by Gasteiger charge is 2.28. The summed E-state index contributed by atoms with van der Waals surface area (Å²) in [6, 6.07) is 5.76. The Morgan fingerprint density at radius 3 is 2.69 bits per heavy atom. The molecule has 9 nitrogen and oxygen atoms in total. The molecule has 3 rings (SSSR count). The first-order valence-electron chi connectivity index (χ1n) is 10.9. The molecule has 2 amide bonds. The zero-order chi connectivity index (χ0) is 26.5. The van der Waals surface area contributed by atoms with Crippen LogP contribution in [0, 0.1) is 0 Å². The van der Waals surface area contributed by atoms with E-state index in [9.17, 15) is 23.1 Å². The number of hydrogen-bond donors (Lipinski definition) is 6. The molecule has 2 heterocycles. The second-order valence-electron chi connectivity index (χ2n) is 8.64. The number of allylic oxidation sites excluding steroid dienone is 4. The number of amidine groups is 1. The largest absolute Gasteiger partial charge is 0.405 e. The minimum Gasteiger partial charge on any atom is -0.398 e. The van der Waals surface area contributed by atoms with Crippen molar-refractivity contribution < 1.29 is 23.1 Å². The molecule has 0 fully saturated rings. The van der Waals surface area contributed by atoms with Crippen molar-refractivity contribution in [3.8, 4) is 0 Å². The minimum absolute atomic E-state index is 0.145. The van der Waals surface area contributed by atoms with Gasteiger partial charge in [0.15, 0.2) is 0 Å². The number of aliphatic hydroxyl groups excluding tert-OH is 1. The average Bonchev–Trinajstić information content (AvgIpc) is 3.24. The van der Waals surface area contributed by atoms with Crippen LogP contribution in [-0.2, 0) is 0 Å². The van der Waals surface area contributed by atoms with Crippen molar-refractivity contribution in [2.24, 2.45) is 16.5 Å². The lowest BCUT2D eigenvalue weighted by Gasteiger charge is -2.23. The molecule has 0 saturated carbocycles. The van der Waals surface area contributed by atoms with Gasteiger partial charge in [-0.05, 0) is 50.3 Å². The number of benzene rings is 1. The Hall–Kier alpha value is -4.19. The van der Waals surface area contributed by atoms with Crippen LogP contribution >= 0.6 is 0 Å². The summed E-state index contributed by atoms with van der Waals surface area (Å²) in [4.78, 5) is 17.9. The van der Waals surface area contributed by atoms with Crippen LogP contribution in [0.25, 0.3) is 5.70 Å². The number of amides is 2. The first-order valence-corrected chi connectivity index (χ1v) is 10.9. The molecule has 2 aliphatic heterocycles. The van der Waals surface area contributed by atoms with Crippen LogP contribution in [0.2, 0.25) is 0 Å². The standard InChI is InChI=1S/C24H28F3N7O2/c1-23(2,14-35)33-20(29)7-6-18(28)15-8-9-34-19(12-30-21(34)11-15)16-4-3-5-17(10-16)32-22(36)31-13-24(25,26)27/h3-12,30,35H,13-14,28H2,1-2H3,(H2,29,33)(H2,31,32,36). The van der Waals surface area contributed by atoms with Gasteiger partial charge in [-0.3, -0.25) is 4.99 Å². The lowest BCUT2D eigenvalue weighted by Crippen LogP contribution is -2.36. The highest BCUT2D eigenvalue weighted by atomic mass is 19.4. The second kappa shape index (κ2) is 10.6. The molecule has 36 heavy (non-hydrogen) atoms. The van der Waals surface area contributed by atoms with E-state index in [1.807, 2.05) is 23.1 Å². The predicted octanol–water partition coefficient (Wildman–Crippen LogP) is 2.84. The zero-order valence-electron chi connectivity index (χ0n) is 19.7. The van der Waals surface area contributed by atoms with Crippen LogP contribution < -0.4 is 27.4 Å². The Balaban J connectivity index is 1.70. The fourth-order valence-electron chi connectivity index (χ4n) is 3.24. The lowest BCUT2D eigenvalue weighted by atomic mass is 10.1. The first kappa shape index (κ1) is 26.4. The van der Waals surface area contributed by atoms with E-state index >= 15 is 0 Å². The Labute approximate surface area is 206 Å². The number of anilines is 1. The van der Waals surface area contributed by atoms with Gasteiger partial charge in [-0.15, -0.1) is 0 Å². The summed E-state index contributed by atoms with van der Waals surface area (Å²) in [5.74, 6) is 0.957. The Bertz CT molecular complexity index is 1190. The average molecular weight is 504 g/mol. The number of aliphatic imine (C=N–C) groups is 1. The van der Waals surface area contributed by atoms with Crippen LogP contribution in [0.4, 0.5) is 23.7 Å². The van der Waals surface area contributed by atoms with Crippen LogP contribution in [-0.4, -0.2) is 46.7 Å². The number of urea groups is 1. The van der Waals surface area contributed by atoms with E-state index in [0.29, 0.717) is 11.4 Å². The molecule has 0 saturated heterocycles.